The molecule has 0 aliphatic rings. The molecule has 2 aromatic rings. The van der Waals surface area contributed by atoms with Crippen molar-refractivity contribution in [2.75, 3.05) is 0 Å². The van der Waals surface area contributed by atoms with Crippen molar-refractivity contribution in [2.45, 2.75) is 13.5 Å². The van der Waals surface area contributed by atoms with Gasteiger partial charge < -0.3 is 9.67 Å². The number of halogens is 1. The average Bonchev–Trinajstić information content (AvgIpc) is 2.64. The van der Waals surface area contributed by atoms with Crippen LogP contribution in [0.5, 0.6) is 0 Å². The van der Waals surface area contributed by atoms with Gasteiger partial charge in [-0.05, 0) is 30.7 Å². The fourth-order valence-corrected chi connectivity index (χ4v) is 2.00. The zero-order chi connectivity index (χ0) is 12.4. The van der Waals surface area contributed by atoms with Gasteiger partial charge in [0, 0.05) is 22.9 Å². The Hall–Kier alpha value is -1.55. The van der Waals surface area contributed by atoms with E-state index in [4.69, 9.17) is 5.11 Å². The van der Waals surface area contributed by atoms with E-state index in [-0.39, 0.29) is 0 Å². The molecule has 4 heteroatoms. The molecule has 0 aliphatic carbocycles. The van der Waals surface area contributed by atoms with Crippen LogP contribution in [0.25, 0.3) is 0 Å². The quantitative estimate of drug-likeness (QED) is 0.943. The summed E-state index contributed by atoms with van der Waals surface area (Å²) in [6.07, 6.45) is 1.81. The monoisotopic (exact) mass is 293 g/mol. The lowest BCUT2D eigenvalue weighted by atomic mass is 10.2. The number of hydrogen-bond donors (Lipinski definition) is 1. The first kappa shape index (κ1) is 11.9. The molecule has 0 radical (unpaired) electrons. The molecule has 0 fully saturated rings. The molecule has 1 N–H and O–H groups in total. The highest BCUT2D eigenvalue weighted by Gasteiger charge is 2.10. The van der Waals surface area contributed by atoms with Gasteiger partial charge in [-0.1, -0.05) is 28.1 Å². The first-order chi connectivity index (χ1) is 8.08. The van der Waals surface area contributed by atoms with Crippen LogP contribution in [0.2, 0.25) is 0 Å². The van der Waals surface area contributed by atoms with Crippen LogP contribution in [0, 0.1) is 6.92 Å². The van der Waals surface area contributed by atoms with E-state index in [0.717, 1.165) is 15.7 Å². The van der Waals surface area contributed by atoms with Gasteiger partial charge in [0.25, 0.3) is 0 Å². The fourth-order valence-electron chi connectivity index (χ4n) is 1.74. The highest BCUT2D eigenvalue weighted by molar-refractivity contribution is 9.10. The first-order valence-electron chi connectivity index (χ1n) is 5.21. The number of carbonyl (C=O) groups is 1. The number of nitrogens with zero attached hydrogens (tertiary/aromatic N) is 1. The Morgan fingerprint density at radius 3 is 2.47 bits per heavy atom. The lowest BCUT2D eigenvalue weighted by molar-refractivity contribution is 0.0696. The number of carboxylic acids is 1. The van der Waals surface area contributed by atoms with Gasteiger partial charge in [-0.3, -0.25) is 0 Å². The van der Waals surface area contributed by atoms with Crippen LogP contribution in [0.3, 0.4) is 0 Å². The topological polar surface area (TPSA) is 42.2 Å². The summed E-state index contributed by atoms with van der Waals surface area (Å²) in [4.78, 5) is 10.9. The Bertz CT molecular complexity index is 543. The summed E-state index contributed by atoms with van der Waals surface area (Å²) in [7, 11) is 0. The normalized spacial score (nSPS) is 10.5. The Labute approximate surface area is 108 Å². The zero-order valence-electron chi connectivity index (χ0n) is 9.35. The molecule has 0 saturated heterocycles. The van der Waals surface area contributed by atoms with Crippen LogP contribution < -0.4 is 0 Å². The zero-order valence-corrected chi connectivity index (χ0v) is 10.9. The molecule has 2 rings (SSSR count). The molecular weight excluding hydrogens is 282 g/mol. The maximum absolute atomic E-state index is 10.9. The molecule has 17 heavy (non-hydrogen) atoms. The Balaban J connectivity index is 2.24. The van der Waals surface area contributed by atoms with Gasteiger partial charge in [-0.25, -0.2) is 4.79 Å². The second-order valence-electron chi connectivity index (χ2n) is 3.87. The molecule has 0 saturated carbocycles. The van der Waals surface area contributed by atoms with Gasteiger partial charge in [0.2, 0.25) is 0 Å². The lowest BCUT2D eigenvalue weighted by Gasteiger charge is -2.07. The summed E-state index contributed by atoms with van der Waals surface area (Å²) in [5.74, 6) is -0.878. The van der Waals surface area contributed by atoms with Crippen LogP contribution >= 0.6 is 15.9 Å². The van der Waals surface area contributed by atoms with Gasteiger partial charge in [0.1, 0.15) is 0 Å². The molecule has 0 aliphatic heterocycles. The van der Waals surface area contributed by atoms with Crippen molar-refractivity contribution in [1.29, 1.82) is 0 Å². The molecule has 0 spiro atoms. The van der Waals surface area contributed by atoms with E-state index in [9.17, 15) is 4.79 Å². The third-order valence-electron chi connectivity index (χ3n) is 2.74. The van der Waals surface area contributed by atoms with E-state index in [2.05, 4.69) is 15.9 Å². The van der Waals surface area contributed by atoms with E-state index in [1.54, 1.807) is 12.3 Å². The fraction of sp³-hybridized carbons (Fsp3) is 0.154. The van der Waals surface area contributed by atoms with E-state index in [0.29, 0.717) is 12.1 Å². The van der Waals surface area contributed by atoms with Gasteiger partial charge in [0.05, 0.1) is 5.56 Å². The molecule has 0 amide bonds. The lowest BCUT2D eigenvalue weighted by Crippen LogP contribution is -2.03. The summed E-state index contributed by atoms with van der Waals surface area (Å²) in [5, 5.41) is 8.96. The second kappa shape index (κ2) is 4.75. The molecule has 0 bridgehead atoms. The largest absolute Gasteiger partial charge is 0.478 e. The third-order valence-corrected chi connectivity index (χ3v) is 3.27. The van der Waals surface area contributed by atoms with Crippen molar-refractivity contribution in [3.63, 3.8) is 0 Å². The van der Waals surface area contributed by atoms with Crippen molar-refractivity contribution in [3.8, 4) is 0 Å². The Morgan fingerprint density at radius 2 is 1.94 bits per heavy atom. The van der Waals surface area contributed by atoms with Crippen LogP contribution in [-0.4, -0.2) is 15.6 Å². The summed E-state index contributed by atoms with van der Waals surface area (Å²) in [6, 6.07) is 9.63. The standard InChI is InChI=1S/C13H12BrNO2/c1-9-12(13(16)17)6-7-15(9)8-10-2-4-11(14)5-3-10/h2-7H,8H2,1H3,(H,16,17). The van der Waals surface area contributed by atoms with E-state index in [1.807, 2.05) is 35.8 Å². The summed E-state index contributed by atoms with van der Waals surface area (Å²) >= 11 is 3.38. The molecule has 3 nitrogen and oxygen atoms in total. The van der Waals surface area contributed by atoms with E-state index in [1.165, 1.54) is 0 Å². The molecule has 0 atom stereocenters. The van der Waals surface area contributed by atoms with Crippen molar-refractivity contribution >= 4 is 21.9 Å². The number of hydrogen-bond acceptors (Lipinski definition) is 1. The summed E-state index contributed by atoms with van der Waals surface area (Å²) in [5.41, 5.74) is 2.28. The number of carboxylic acid groups (broad SMARTS) is 1. The molecule has 88 valence electrons. The molecule has 1 heterocycles. The molecule has 1 aromatic heterocycles. The maximum atomic E-state index is 10.9. The van der Waals surface area contributed by atoms with E-state index < -0.39 is 5.97 Å². The van der Waals surface area contributed by atoms with Crippen molar-refractivity contribution in [1.82, 2.24) is 4.57 Å². The van der Waals surface area contributed by atoms with Crippen molar-refractivity contribution < 1.29 is 9.90 Å². The number of benzene rings is 1. The van der Waals surface area contributed by atoms with E-state index >= 15 is 0 Å². The van der Waals surface area contributed by atoms with Crippen molar-refractivity contribution in [3.05, 3.63) is 57.8 Å². The SMILES string of the molecule is Cc1c(C(=O)O)ccn1Cc1ccc(Br)cc1. The third kappa shape index (κ3) is 2.58. The predicted octanol–water partition coefficient (Wildman–Crippen LogP) is 3.31. The van der Waals surface area contributed by atoms with Crippen LogP contribution in [-0.2, 0) is 6.54 Å². The second-order valence-corrected chi connectivity index (χ2v) is 4.79. The first-order valence-corrected chi connectivity index (χ1v) is 6.00. The van der Waals surface area contributed by atoms with Gasteiger partial charge in [-0.2, -0.15) is 0 Å². The smallest absolute Gasteiger partial charge is 0.337 e. The number of aromatic nitrogens is 1. The van der Waals surface area contributed by atoms with Gasteiger partial charge in [-0.15, -0.1) is 0 Å². The molecular formula is C13H12BrNO2. The minimum atomic E-state index is -0.878. The molecule has 0 unspecified atom stereocenters. The maximum Gasteiger partial charge on any atom is 0.337 e. The summed E-state index contributed by atoms with van der Waals surface area (Å²) in [6.45, 7) is 2.51. The van der Waals surface area contributed by atoms with Gasteiger partial charge >= 0.3 is 5.97 Å². The number of rotatable bonds is 3. The van der Waals surface area contributed by atoms with Crippen molar-refractivity contribution in [2.24, 2.45) is 0 Å². The highest BCUT2D eigenvalue weighted by Crippen LogP contribution is 2.15. The van der Waals surface area contributed by atoms with Gasteiger partial charge in [0.15, 0.2) is 0 Å². The number of aromatic carboxylic acids is 1. The Morgan fingerprint density at radius 1 is 1.29 bits per heavy atom. The summed E-state index contributed by atoms with van der Waals surface area (Å²) < 4.78 is 2.98. The predicted molar refractivity (Wildman–Crippen MR) is 69.4 cm³/mol. The average molecular weight is 294 g/mol. The van der Waals surface area contributed by atoms with Crippen LogP contribution in [0.1, 0.15) is 21.6 Å². The van der Waals surface area contributed by atoms with Crippen LogP contribution in [0.4, 0.5) is 0 Å². The Kier molecular flexibility index (Phi) is 3.33. The minimum absolute atomic E-state index is 0.363. The molecule has 1 aromatic carbocycles. The minimum Gasteiger partial charge on any atom is -0.478 e. The highest BCUT2D eigenvalue weighted by atomic mass is 79.9. The van der Waals surface area contributed by atoms with Crippen LogP contribution in [0.15, 0.2) is 41.0 Å².